The summed E-state index contributed by atoms with van der Waals surface area (Å²) in [4.78, 5) is 0. The lowest BCUT2D eigenvalue weighted by molar-refractivity contribution is 0.414. The van der Waals surface area contributed by atoms with Crippen molar-refractivity contribution in [3.05, 3.63) is 28.8 Å². The van der Waals surface area contributed by atoms with Crippen molar-refractivity contribution < 1.29 is 4.74 Å². The van der Waals surface area contributed by atoms with Crippen LogP contribution >= 0.6 is 23.1 Å². The molecule has 0 fully saturated rings. The average molecular weight is 257 g/mol. The number of nitrogens with one attached hydrogen (secondary N) is 1. The lowest BCUT2D eigenvalue weighted by Gasteiger charge is -2.06. The third-order valence-corrected chi connectivity index (χ3v) is 2.90. The Morgan fingerprint density at radius 3 is 3.00 bits per heavy atom. The lowest BCUT2D eigenvalue weighted by atomic mass is 10.2. The third kappa shape index (κ3) is 2.59. The first-order valence-corrected chi connectivity index (χ1v) is 5.66. The summed E-state index contributed by atoms with van der Waals surface area (Å²) in [6.07, 6.45) is 0. The maximum atomic E-state index is 6.08. The van der Waals surface area contributed by atoms with E-state index in [0.717, 1.165) is 11.3 Å². The Kier molecular flexibility index (Phi) is 3.53. The zero-order valence-corrected chi connectivity index (χ0v) is 10.0. The normalized spacial score (nSPS) is 10.1. The highest BCUT2D eigenvalue weighted by atomic mass is 35.5. The second-order valence-corrected chi connectivity index (χ2v) is 4.12. The van der Waals surface area contributed by atoms with Gasteiger partial charge in [-0.2, -0.15) is 0 Å². The summed E-state index contributed by atoms with van der Waals surface area (Å²) in [6.45, 7) is 0.583. The maximum absolute atomic E-state index is 6.08. The molecule has 0 radical (unpaired) electrons. The smallest absolute Gasteiger partial charge is 0.225 e. The van der Waals surface area contributed by atoms with E-state index < -0.39 is 0 Å². The molecule has 0 aliphatic carbocycles. The molecule has 2 rings (SSSR count). The van der Waals surface area contributed by atoms with E-state index in [1.54, 1.807) is 13.2 Å². The molecule has 0 aliphatic rings. The van der Waals surface area contributed by atoms with Gasteiger partial charge in [-0.05, 0) is 22.9 Å². The van der Waals surface area contributed by atoms with Gasteiger partial charge in [-0.3, -0.25) is 0 Å². The summed E-state index contributed by atoms with van der Waals surface area (Å²) >= 11 is 7.28. The fourth-order valence-electron chi connectivity index (χ4n) is 1.17. The highest BCUT2D eigenvalue weighted by Gasteiger charge is 2.03. The number of hydrogen-bond acceptors (Lipinski definition) is 6. The van der Waals surface area contributed by atoms with Gasteiger partial charge in [0.2, 0.25) is 5.13 Å². The van der Waals surface area contributed by atoms with Crippen LogP contribution in [-0.2, 0) is 6.54 Å². The van der Waals surface area contributed by atoms with E-state index in [9.17, 15) is 0 Å². The Morgan fingerprint density at radius 2 is 2.38 bits per heavy atom. The van der Waals surface area contributed by atoms with Crippen LogP contribution in [0.4, 0.5) is 5.13 Å². The summed E-state index contributed by atoms with van der Waals surface area (Å²) in [5.74, 6) is 0.742. The van der Waals surface area contributed by atoms with Crippen molar-refractivity contribution in [2.45, 2.75) is 6.54 Å². The standard InChI is InChI=1S/C9H9ClN4OS/c1-15-7-3-2-6(8(10)4-7)5-11-9-12-13-14-16-9/h2-4H,5H2,1H3,(H,11,12,14). The van der Waals surface area contributed by atoms with Crippen molar-refractivity contribution in [2.75, 3.05) is 12.4 Å². The van der Waals surface area contributed by atoms with Gasteiger partial charge in [0.05, 0.1) is 7.11 Å². The van der Waals surface area contributed by atoms with Gasteiger partial charge in [0.25, 0.3) is 0 Å². The van der Waals surface area contributed by atoms with Gasteiger partial charge in [-0.1, -0.05) is 27.3 Å². The number of halogens is 1. The predicted molar refractivity (Wildman–Crippen MR) is 63.0 cm³/mol. The van der Waals surface area contributed by atoms with Crippen LogP contribution in [0.5, 0.6) is 5.75 Å². The SMILES string of the molecule is COc1ccc(CNc2nnns2)c(Cl)c1. The predicted octanol–water partition coefficient (Wildman–Crippen LogP) is 2.21. The molecule has 0 saturated carbocycles. The number of rotatable bonds is 4. The fraction of sp³-hybridized carbons (Fsp3) is 0.222. The molecule has 1 aromatic heterocycles. The van der Waals surface area contributed by atoms with Crippen molar-refractivity contribution in [2.24, 2.45) is 0 Å². The van der Waals surface area contributed by atoms with Crippen LogP contribution in [0.3, 0.4) is 0 Å². The van der Waals surface area contributed by atoms with Crippen LogP contribution in [0.25, 0.3) is 0 Å². The van der Waals surface area contributed by atoms with Crippen LogP contribution < -0.4 is 10.1 Å². The summed E-state index contributed by atoms with van der Waals surface area (Å²) in [5.41, 5.74) is 0.970. The van der Waals surface area contributed by atoms with Crippen LogP contribution in [0, 0.1) is 0 Å². The highest BCUT2D eigenvalue weighted by molar-refractivity contribution is 7.09. The number of methoxy groups -OCH3 is 1. The van der Waals surface area contributed by atoms with Gasteiger partial charge in [0.15, 0.2) is 0 Å². The molecule has 1 heterocycles. The second kappa shape index (κ2) is 5.09. The molecule has 16 heavy (non-hydrogen) atoms. The second-order valence-electron chi connectivity index (χ2n) is 2.98. The number of ether oxygens (including phenoxy) is 1. The highest BCUT2D eigenvalue weighted by Crippen LogP contribution is 2.23. The van der Waals surface area contributed by atoms with E-state index in [2.05, 4.69) is 20.1 Å². The molecule has 1 aromatic carbocycles. The van der Waals surface area contributed by atoms with Gasteiger partial charge in [0, 0.05) is 23.1 Å². The lowest BCUT2D eigenvalue weighted by Crippen LogP contribution is -1.99. The summed E-state index contributed by atoms with van der Waals surface area (Å²) in [5, 5.41) is 11.7. The summed E-state index contributed by atoms with van der Waals surface area (Å²) in [7, 11) is 1.61. The third-order valence-electron chi connectivity index (χ3n) is 1.99. The fourth-order valence-corrected chi connectivity index (χ4v) is 1.77. The Balaban J connectivity index is 2.04. The van der Waals surface area contributed by atoms with E-state index in [1.807, 2.05) is 12.1 Å². The monoisotopic (exact) mass is 256 g/mol. The molecule has 84 valence electrons. The van der Waals surface area contributed by atoms with E-state index >= 15 is 0 Å². The molecular formula is C9H9ClN4OS. The van der Waals surface area contributed by atoms with Crippen molar-refractivity contribution in [3.8, 4) is 5.75 Å². The molecule has 0 bridgehead atoms. The van der Waals surface area contributed by atoms with Crippen LogP contribution in [0.1, 0.15) is 5.56 Å². The molecule has 5 nitrogen and oxygen atoms in total. The average Bonchev–Trinajstić information content (AvgIpc) is 2.80. The molecule has 0 spiro atoms. The van der Waals surface area contributed by atoms with Crippen molar-refractivity contribution >= 4 is 28.3 Å². The first-order valence-electron chi connectivity index (χ1n) is 4.51. The Bertz CT molecular complexity index is 463. The summed E-state index contributed by atoms with van der Waals surface area (Å²) in [6, 6.07) is 5.54. The van der Waals surface area contributed by atoms with E-state index in [0.29, 0.717) is 16.7 Å². The van der Waals surface area contributed by atoms with Gasteiger partial charge in [-0.15, -0.1) is 0 Å². The molecule has 0 unspecified atom stereocenters. The zero-order valence-electron chi connectivity index (χ0n) is 8.48. The first-order chi connectivity index (χ1) is 7.79. The Labute approximate surface area is 102 Å². The summed E-state index contributed by atoms with van der Waals surface area (Å²) < 4.78 is 8.71. The minimum Gasteiger partial charge on any atom is -0.497 e. The Morgan fingerprint density at radius 1 is 1.50 bits per heavy atom. The number of hydrogen-bond donors (Lipinski definition) is 1. The quantitative estimate of drug-likeness (QED) is 0.909. The molecular weight excluding hydrogens is 248 g/mol. The number of nitrogens with zero attached hydrogens (tertiary/aromatic N) is 3. The molecule has 0 amide bonds. The Hall–Kier alpha value is -1.40. The van der Waals surface area contributed by atoms with Gasteiger partial charge in [-0.25, -0.2) is 0 Å². The van der Waals surface area contributed by atoms with Crippen LogP contribution in [0.2, 0.25) is 5.02 Å². The van der Waals surface area contributed by atoms with Gasteiger partial charge in [0.1, 0.15) is 5.75 Å². The van der Waals surface area contributed by atoms with E-state index in [4.69, 9.17) is 16.3 Å². The molecule has 2 aromatic rings. The first kappa shape index (κ1) is 11.1. The number of anilines is 1. The van der Waals surface area contributed by atoms with Crippen molar-refractivity contribution in [1.29, 1.82) is 0 Å². The molecule has 0 atom stereocenters. The van der Waals surface area contributed by atoms with E-state index in [-0.39, 0.29) is 0 Å². The van der Waals surface area contributed by atoms with Crippen LogP contribution in [-0.4, -0.2) is 21.9 Å². The molecule has 7 heteroatoms. The maximum Gasteiger partial charge on any atom is 0.225 e. The van der Waals surface area contributed by atoms with E-state index in [1.165, 1.54) is 11.5 Å². The van der Waals surface area contributed by atoms with Crippen LogP contribution in [0.15, 0.2) is 18.2 Å². The minimum atomic E-state index is 0.583. The molecule has 1 N–H and O–H groups in total. The minimum absolute atomic E-state index is 0.583. The zero-order chi connectivity index (χ0) is 11.4. The molecule has 0 aliphatic heterocycles. The van der Waals surface area contributed by atoms with Crippen molar-refractivity contribution in [1.82, 2.24) is 14.8 Å². The van der Waals surface area contributed by atoms with Crippen molar-refractivity contribution in [3.63, 3.8) is 0 Å². The topological polar surface area (TPSA) is 59.9 Å². The van der Waals surface area contributed by atoms with Gasteiger partial charge < -0.3 is 10.1 Å². The largest absolute Gasteiger partial charge is 0.497 e. The number of aromatic nitrogens is 3. The molecule has 0 saturated heterocycles. The number of benzene rings is 1. The van der Waals surface area contributed by atoms with Gasteiger partial charge >= 0.3 is 0 Å².